The van der Waals surface area contributed by atoms with E-state index in [0.29, 0.717) is 35.6 Å². The average Bonchev–Trinajstić information content (AvgIpc) is 2.94. The number of unbranched alkanes of at least 4 members (excludes halogenated alkanes) is 4. The number of hydrogen-bond donors (Lipinski definition) is 0. The van der Waals surface area contributed by atoms with Crippen molar-refractivity contribution in [2.24, 2.45) is 5.92 Å². The maximum absolute atomic E-state index is 15.2. The van der Waals surface area contributed by atoms with Crippen molar-refractivity contribution in [3.8, 4) is 28.0 Å². The topological polar surface area (TPSA) is 9.23 Å². The first-order valence-electron chi connectivity index (χ1n) is 14.5. The highest BCUT2D eigenvalue weighted by atomic mass is 19.2. The number of ether oxygens (including phenoxy) is 1. The summed E-state index contributed by atoms with van der Waals surface area (Å²) in [5.74, 6) is -0.977. The van der Waals surface area contributed by atoms with E-state index in [-0.39, 0.29) is 17.1 Å². The van der Waals surface area contributed by atoms with Gasteiger partial charge >= 0.3 is 0 Å². The lowest BCUT2D eigenvalue weighted by Crippen LogP contribution is -2.13. The van der Waals surface area contributed by atoms with Crippen molar-refractivity contribution in [1.82, 2.24) is 0 Å². The third-order valence-electron chi connectivity index (χ3n) is 8.04. The highest BCUT2D eigenvalue weighted by molar-refractivity contribution is 5.71. The summed E-state index contributed by atoms with van der Waals surface area (Å²) in [4.78, 5) is 0. The van der Waals surface area contributed by atoms with Gasteiger partial charge in [0.25, 0.3) is 0 Å². The molecule has 0 saturated heterocycles. The van der Waals surface area contributed by atoms with Gasteiger partial charge in [-0.25, -0.2) is 8.78 Å². The summed E-state index contributed by atoms with van der Waals surface area (Å²) < 4.78 is 49.6. The minimum atomic E-state index is -0.984. The molecule has 0 heterocycles. The molecule has 1 fully saturated rings. The van der Waals surface area contributed by atoms with Crippen molar-refractivity contribution in [2.45, 2.75) is 90.4 Å². The number of benzene rings is 3. The molecule has 204 valence electrons. The SMILES string of the molecule is CCCCCCCC1CCC(c2ccc(-c3ccc(-c4ccc(OCCC)c(F)c4F)cc3)c(F)c2)CC1. The number of halogens is 3. The van der Waals surface area contributed by atoms with Crippen LogP contribution in [0.15, 0.2) is 54.6 Å². The van der Waals surface area contributed by atoms with Gasteiger partial charge < -0.3 is 4.74 Å². The number of rotatable bonds is 12. The molecular weight excluding hydrogens is 481 g/mol. The van der Waals surface area contributed by atoms with Crippen LogP contribution in [0.25, 0.3) is 22.3 Å². The summed E-state index contributed by atoms with van der Waals surface area (Å²) in [5.41, 5.74) is 3.02. The predicted octanol–water partition coefficient (Wildman–Crippen LogP) is 10.9. The average molecular weight is 523 g/mol. The second kappa shape index (κ2) is 13.9. The Morgan fingerprint density at radius 1 is 0.684 bits per heavy atom. The first-order valence-corrected chi connectivity index (χ1v) is 14.5. The Morgan fingerprint density at radius 2 is 1.34 bits per heavy atom. The lowest BCUT2D eigenvalue weighted by Gasteiger charge is -2.29. The Bertz CT molecular complexity index is 1160. The van der Waals surface area contributed by atoms with Crippen molar-refractivity contribution >= 4 is 0 Å². The molecule has 0 atom stereocenters. The van der Waals surface area contributed by atoms with E-state index in [1.807, 2.05) is 13.0 Å². The molecule has 38 heavy (non-hydrogen) atoms. The highest BCUT2D eigenvalue weighted by Gasteiger charge is 2.23. The second-order valence-electron chi connectivity index (χ2n) is 10.8. The first-order chi connectivity index (χ1) is 18.5. The van der Waals surface area contributed by atoms with Crippen molar-refractivity contribution in [3.63, 3.8) is 0 Å². The molecule has 0 spiro atoms. The third kappa shape index (κ3) is 7.01. The molecule has 3 aromatic rings. The van der Waals surface area contributed by atoms with Crippen LogP contribution in [0.3, 0.4) is 0 Å². The van der Waals surface area contributed by atoms with Crippen LogP contribution in [0, 0.1) is 23.4 Å². The van der Waals surface area contributed by atoms with E-state index in [1.165, 1.54) is 63.5 Å². The minimum Gasteiger partial charge on any atom is -0.490 e. The zero-order valence-corrected chi connectivity index (χ0v) is 22.9. The van der Waals surface area contributed by atoms with Crippen molar-refractivity contribution in [2.75, 3.05) is 6.61 Å². The molecule has 0 aliphatic heterocycles. The molecule has 3 aromatic carbocycles. The second-order valence-corrected chi connectivity index (χ2v) is 10.8. The lowest BCUT2D eigenvalue weighted by atomic mass is 9.77. The third-order valence-corrected chi connectivity index (χ3v) is 8.04. The molecule has 0 N–H and O–H groups in total. The molecular formula is C34H41F3O. The molecule has 1 aliphatic carbocycles. The summed E-state index contributed by atoms with van der Waals surface area (Å²) >= 11 is 0. The molecule has 0 unspecified atom stereocenters. The van der Waals surface area contributed by atoms with Crippen LogP contribution in [-0.2, 0) is 0 Å². The van der Waals surface area contributed by atoms with E-state index in [2.05, 4.69) is 13.0 Å². The van der Waals surface area contributed by atoms with Crippen LogP contribution in [0.5, 0.6) is 5.75 Å². The molecule has 1 saturated carbocycles. The van der Waals surface area contributed by atoms with Gasteiger partial charge in [-0.1, -0.05) is 88.8 Å². The quantitative estimate of drug-likeness (QED) is 0.215. The Morgan fingerprint density at radius 3 is 2.00 bits per heavy atom. The standard InChI is InChI=1S/C34H41F3O/c1-3-5-6-7-8-9-24-10-12-25(13-11-24)28-18-19-29(31(35)23-28)26-14-16-27(17-15-26)30-20-21-32(38-22-4-2)34(37)33(30)36/h14-21,23-25H,3-13,22H2,1-2H3. The van der Waals surface area contributed by atoms with Gasteiger partial charge in [-0.2, -0.15) is 4.39 Å². The minimum absolute atomic E-state index is 0.0808. The van der Waals surface area contributed by atoms with Gasteiger partial charge in [0, 0.05) is 11.1 Å². The van der Waals surface area contributed by atoms with Crippen LogP contribution in [0.2, 0.25) is 0 Å². The molecule has 0 bridgehead atoms. The van der Waals surface area contributed by atoms with Crippen LogP contribution in [0.1, 0.15) is 96.0 Å². The smallest absolute Gasteiger partial charge is 0.201 e. The summed E-state index contributed by atoms with van der Waals surface area (Å²) in [7, 11) is 0. The zero-order chi connectivity index (χ0) is 26.9. The fourth-order valence-electron chi connectivity index (χ4n) is 5.75. The van der Waals surface area contributed by atoms with E-state index < -0.39 is 11.6 Å². The Hall–Kier alpha value is -2.75. The summed E-state index contributed by atoms with van der Waals surface area (Å²) in [6, 6.07) is 15.5. The number of hydrogen-bond acceptors (Lipinski definition) is 1. The van der Waals surface area contributed by atoms with E-state index in [0.717, 1.165) is 24.3 Å². The van der Waals surface area contributed by atoms with E-state index in [4.69, 9.17) is 4.74 Å². The fraction of sp³-hybridized carbons (Fsp3) is 0.471. The molecule has 0 aromatic heterocycles. The zero-order valence-electron chi connectivity index (χ0n) is 22.9. The molecule has 4 heteroatoms. The maximum atomic E-state index is 15.2. The first kappa shape index (κ1) is 28.3. The normalized spacial score (nSPS) is 17.5. The lowest BCUT2D eigenvalue weighted by molar-refractivity contribution is 0.295. The molecule has 0 amide bonds. The van der Waals surface area contributed by atoms with Gasteiger partial charge in [0.05, 0.1) is 6.61 Å². The van der Waals surface area contributed by atoms with Crippen LogP contribution < -0.4 is 4.74 Å². The summed E-state index contributed by atoms with van der Waals surface area (Å²) in [6.07, 6.45) is 13.5. The molecule has 0 radical (unpaired) electrons. The van der Waals surface area contributed by atoms with E-state index in [1.54, 1.807) is 30.3 Å². The fourth-order valence-corrected chi connectivity index (χ4v) is 5.75. The Kier molecular flexibility index (Phi) is 10.3. The van der Waals surface area contributed by atoms with Crippen molar-refractivity contribution < 1.29 is 17.9 Å². The summed E-state index contributed by atoms with van der Waals surface area (Å²) in [5, 5.41) is 0. The highest BCUT2D eigenvalue weighted by Crippen LogP contribution is 2.39. The van der Waals surface area contributed by atoms with Crippen molar-refractivity contribution in [1.29, 1.82) is 0 Å². The van der Waals surface area contributed by atoms with E-state index in [9.17, 15) is 8.78 Å². The van der Waals surface area contributed by atoms with Gasteiger partial charge in [-0.3, -0.25) is 0 Å². The molecule has 1 nitrogen and oxygen atoms in total. The van der Waals surface area contributed by atoms with Gasteiger partial charge in [-0.15, -0.1) is 0 Å². The van der Waals surface area contributed by atoms with Crippen molar-refractivity contribution in [3.05, 3.63) is 77.6 Å². The summed E-state index contributed by atoms with van der Waals surface area (Å²) in [6.45, 7) is 4.49. The van der Waals surface area contributed by atoms with Gasteiger partial charge in [-0.05, 0) is 78.8 Å². The van der Waals surface area contributed by atoms with Crippen LogP contribution in [-0.4, -0.2) is 6.61 Å². The molecule has 1 aliphatic rings. The molecule has 4 rings (SSSR count). The van der Waals surface area contributed by atoms with Gasteiger partial charge in [0.2, 0.25) is 5.82 Å². The monoisotopic (exact) mass is 522 g/mol. The Labute approximate surface area is 226 Å². The largest absolute Gasteiger partial charge is 0.490 e. The van der Waals surface area contributed by atoms with Crippen LogP contribution in [0.4, 0.5) is 13.2 Å². The van der Waals surface area contributed by atoms with Crippen LogP contribution >= 0.6 is 0 Å². The predicted molar refractivity (Wildman–Crippen MR) is 151 cm³/mol. The van der Waals surface area contributed by atoms with E-state index >= 15 is 4.39 Å². The maximum Gasteiger partial charge on any atom is 0.201 e. The van der Waals surface area contributed by atoms with Gasteiger partial charge in [0.15, 0.2) is 11.6 Å². The Balaban J connectivity index is 1.38. The van der Waals surface area contributed by atoms with Gasteiger partial charge in [0.1, 0.15) is 5.82 Å².